The second-order valence-corrected chi connectivity index (χ2v) is 13.7. The molecule has 0 fully saturated rings. The lowest BCUT2D eigenvalue weighted by molar-refractivity contribution is -0.141. The van der Waals surface area contributed by atoms with Crippen molar-refractivity contribution in [3.63, 3.8) is 0 Å². The van der Waals surface area contributed by atoms with Crippen LogP contribution in [0.1, 0.15) is 40.5 Å². The quantitative estimate of drug-likeness (QED) is 0.275. The monoisotopic (exact) mass is 577 g/mol. The average molecular weight is 578 g/mol. The van der Waals surface area contributed by atoms with Crippen LogP contribution < -0.4 is 5.32 Å². The smallest absolute Gasteiger partial charge is 0.307 e. The summed E-state index contributed by atoms with van der Waals surface area (Å²) >= 11 is 0. The highest BCUT2D eigenvalue weighted by atomic mass is 32.2. The Morgan fingerprint density at radius 3 is 2.61 bits per heavy atom. The van der Waals surface area contributed by atoms with E-state index >= 15 is 0 Å². The van der Waals surface area contributed by atoms with Crippen molar-refractivity contribution in [3.05, 3.63) is 72.8 Å². The first-order chi connectivity index (χ1) is 19.3. The summed E-state index contributed by atoms with van der Waals surface area (Å²) in [5, 5.41) is 4.70. The van der Waals surface area contributed by atoms with Gasteiger partial charge in [0.05, 0.1) is 19.0 Å². The average Bonchev–Trinajstić information content (AvgIpc) is 3.32. The van der Waals surface area contributed by atoms with Crippen LogP contribution in [0.3, 0.4) is 0 Å². The minimum Gasteiger partial charge on any atom is -0.469 e. The van der Waals surface area contributed by atoms with Gasteiger partial charge in [-0.3, -0.25) is 4.79 Å². The third kappa shape index (κ3) is 5.21. The van der Waals surface area contributed by atoms with E-state index in [-0.39, 0.29) is 41.7 Å². The van der Waals surface area contributed by atoms with Crippen molar-refractivity contribution in [3.8, 4) is 11.4 Å². The Labute approximate surface area is 238 Å². The summed E-state index contributed by atoms with van der Waals surface area (Å²) in [6.45, 7) is 7.53. The van der Waals surface area contributed by atoms with Gasteiger partial charge in [0.1, 0.15) is 16.4 Å². The number of esters is 1. The molecule has 1 unspecified atom stereocenters. The molecule has 0 saturated carbocycles. The Hall–Kier alpha value is -4.12. The van der Waals surface area contributed by atoms with Gasteiger partial charge >= 0.3 is 5.97 Å². The molecule has 1 aromatic carbocycles. The number of pyridine rings is 1. The lowest BCUT2D eigenvalue weighted by atomic mass is 9.84. The summed E-state index contributed by atoms with van der Waals surface area (Å²) in [4.78, 5) is 26.2. The van der Waals surface area contributed by atoms with Crippen molar-refractivity contribution in [2.45, 2.75) is 51.3 Å². The molecule has 11 heteroatoms. The fourth-order valence-corrected chi connectivity index (χ4v) is 6.53. The van der Waals surface area contributed by atoms with Crippen LogP contribution in [0.5, 0.6) is 0 Å². The van der Waals surface area contributed by atoms with Crippen LogP contribution in [0.25, 0.3) is 33.3 Å². The molecule has 0 spiro atoms. The predicted octanol–water partition coefficient (Wildman–Crippen LogP) is 5.79. The molecule has 3 aromatic heterocycles. The van der Waals surface area contributed by atoms with E-state index in [0.717, 1.165) is 15.4 Å². The summed E-state index contributed by atoms with van der Waals surface area (Å²) in [7, 11) is -2.80. The van der Waals surface area contributed by atoms with Crippen molar-refractivity contribution in [2.75, 3.05) is 12.4 Å². The van der Waals surface area contributed by atoms with Gasteiger partial charge in [0, 0.05) is 34.8 Å². The molecule has 3 heterocycles. The van der Waals surface area contributed by atoms with Crippen LogP contribution >= 0.6 is 0 Å². The normalized spacial score (nSPS) is 18.3. The Morgan fingerprint density at radius 2 is 1.90 bits per heavy atom. The molecule has 0 amide bonds. The number of allylic oxidation sites excluding steroid dienone is 3. The van der Waals surface area contributed by atoms with E-state index in [1.54, 1.807) is 12.1 Å². The van der Waals surface area contributed by atoms with Gasteiger partial charge in [-0.1, -0.05) is 39.0 Å². The van der Waals surface area contributed by atoms with Crippen LogP contribution in [0.15, 0.2) is 72.8 Å². The maximum Gasteiger partial charge on any atom is 0.307 e. The number of carbonyl (C=O) groups is 1. The van der Waals surface area contributed by atoms with E-state index in [9.17, 15) is 17.6 Å². The minimum absolute atomic E-state index is 0.111. The second kappa shape index (κ2) is 10.4. The number of carbonyl (C=O) groups excluding carboxylic acids is 1. The van der Waals surface area contributed by atoms with Gasteiger partial charge in [-0.2, -0.15) is 0 Å². The van der Waals surface area contributed by atoms with E-state index in [2.05, 4.69) is 10.3 Å². The third-order valence-electron chi connectivity index (χ3n) is 7.42. The van der Waals surface area contributed by atoms with Gasteiger partial charge in [-0.15, -0.1) is 0 Å². The highest BCUT2D eigenvalue weighted by Gasteiger charge is 2.41. The highest BCUT2D eigenvalue weighted by Crippen LogP contribution is 2.37. The summed E-state index contributed by atoms with van der Waals surface area (Å²) < 4.78 is 46.7. The Morgan fingerprint density at radius 1 is 1.17 bits per heavy atom. The van der Waals surface area contributed by atoms with Gasteiger partial charge < -0.3 is 10.1 Å². The predicted molar refractivity (Wildman–Crippen MR) is 157 cm³/mol. The van der Waals surface area contributed by atoms with Crippen molar-refractivity contribution in [1.82, 2.24) is 18.9 Å². The van der Waals surface area contributed by atoms with Gasteiger partial charge in [0.2, 0.25) is 10.0 Å². The summed E-state index contributed by atoms with van der Waals surface area (Å²) in [6, 6.07) is 10.6. The maximum absolute atomic E-state index is 14.2. The van der Waals surface area contributed by atoms with E-state index in [1.807, 2.05) is 45.0 Å². The molecule has 41 heavy (non-hydrogen) atoms. The fraction of sp³-hybridized carbons (Fsp3) is 0.333. The highest BCUT2D eigenvalue weighted by molar-refractivity contribution is 7.91. The molecule has 0 saturated heterocycles. The van der Waals surface area contributed by atoms with Crippen molar-refractivity contribution >= 4 is 43.7 Å². The third-order valence-corrected chi connectivity index (χ3v) is 9.68. The number of methoxy groups -OCH3 is 1. The first-order valence-corrected chi connectivity index (χ1v) is 14.6. The molecular formula is C30H32FN5O4S. The molecule has 0 bridgehead atoms. The van der Waals surface area contributed by atoms with Crippen molar-refractivity contribution in [2.24, 2.45) is 5.41 Å². The van der Waals surface area contributed by atoms with Crippen LogP contribution in [0, 0.1) is 5.41 Å². The zero-order chi connectivity index (χ0) is 29.6. The Bertz CT molecular complexity index is 1820. The van der Waals surface area contributed by atoms with Gasteiger partial charge in [-0.05, 0) is 55.2 Å². The number of anilines is 1. The molecule has 5 rings (SSSR count). The second-order valence-electron chi connectivity index (χ2n) is 11.4. The first-order valence-electron chi connectivity index (χ1n) is 13.2. The summed E-state index contributed by atoms with van der Waals surface area (Å²) in [5.74, 6) is -0.191. The van der Waals surface area contributed by atoms with Crippen LogP contribution in [0.2, 0.25) is 0 Å². The number of para-hydroxylation sites is 1. The van der Waals surface area contributed by atoms with Gasteiger partial charge in [0.15, 0.2) is 11.5 Å². The van der Waals surface area contributed by atoms with Crippen molar-refractivity contribution < 1.29 is 22.3 Å². The fourth-order valence-electron chi connectivity index (χ4n) is 4.90. The molecule has 0 aliphatic heterocycles. The summed E-state index contributed by atoms with van der Waals surface area (Å²) in [5.41, 5.74) is 0.940. The van der Waals surface area contributed by atoms with Crippen LogP contribution in [-0.4, -0.2) is 51.2 Å². The van der Waals surface area contributed by atoms with Crippen LogP contribution in [-0.2, 0) is 19.6 Å². The first kappa shape index (κ1) is 28.4. The Kier molecular flexibility index (Phi) is 7.19. The van der Waals surface area contributed by atoms with Gasteiger partial charge in [0.25, 0.3) is 0 Å². The number of nitrogens with one attached hydrogen (secondary N) is 1. The number of aromatic nitrogens is 4. The molecule has 4 aromatic rings. The molecule has 1 aliphatic rings. The molecule has 214 valence electrons. The number of fused-ring (bicyclic) bond motifs is 2. The number of hydrogen-bond donors (Lipinski definition) is 1. The largest absolute Gasteiger partial charge is 0.469 e. The molecule has 0 radical (unpaired) electrons. The number of halogens is 1. The standard InChI is InChI=1S/C30H32FN5O4S/c1-29(2,3)24(16-25(37)40-5)34-26-21-11-6-7-13-23(21)33-27(35-26)22-18-36(28-20(22)12-9-15-32-28)41(38,39)30(4)14-8-10-19(31)17-30/h6-13,15,17-18,24H,14,16H2,1-5H3,(H,33,34,35)/t24-,30?/m1/s1. The SMILES string of the molecule is COC(=O)C[C@@H](Nc1nc(-c2cn(S(=O)(=O)C3(C)C=C(F)C=CC3)c3ncccc23)nc2ccccc12)C(C)(C)C. The zero-order valence-corrected chi connectivity index (χ0v) is 24.4. The van der Waals surface area contributed by atoms with Crippen molar-refractivity contribution in [1.29, 1.82) is 0 Å². The number of nitrogens with zero attached hydrogens (tertiary/aromatic N) is 4. The number of ether oxygens (including phenoxy) is 1. The van der Waals surface area contributed by atoms with E-state index in [1.165, 1.54) is 38.6 Å². The van der Waals surface area contributed by atoms with E-state index in [0.29, 0.717) is 22.3 Å². The molecule has 2 atom stereocenters. The molecular weight excluding hydrogens is 545 g/mol. The number of rotatable bonds is 7. The molecule has 1 aliphatic carbocycles. The maximum atomic E-state index is 14.2. The topological polar surface area (TPSA) is 116 Å². The number of benzene rings is 1. The molecule has 1 N–H and O–H groups in total. The lowest BCUT2D eigenvalue weighted by Crippen LogP contribution is -2.38. The van der Waals surface area contributed by atoms with E-state index in [4.69, 9.17) is 14.7 Å². The molecule has 9 nitrogen and oxygen atoms in total. The van der Waals surface area contributed by atoms with Gasteiger partial charge in [-0.25, -0.2) is 31.7 Å². The Balaban J connectivity index is 1.69. The lowest BCUT2D eigenvalue weighted by Gasteiger charge is -2.31. The summed E-state index contributed by atoms with van der Waals surface area (Å²) in [6.07, 6.45) is 7.08. The van der Waals surface area contributed by atoms with E-state index < -0.39 is 20.6 Å². The number of hydrogen-bond acceptors (Lipinski definition) is 8. The minimum atomic E-state index is -4.15. The van der Waals surface area contributed by atoms with Crippen LogP contribution in [0.4, 0.5) is 10.2 Å². The zero-order valence-electron chi connectivity index (χ0n) is 23.6.